The lowest BCUT2D eigenvalue weighted by atomic mass is 10.8. The van der Waals surface area contributed by atoms with Gasteiger partial charge in [-0.3, -0.25) is 0 Å². The van der Waals surface area contributed by atoms with Gasteiger partial charge >= 0.3 is 0 Å². The fourth-order valence-corrected chi connectivity index (χ4v) is 0. The minimum atomic E-state index is -0.543. The van der Waals surface area contributed by atoms with E-state index in [9.17, 15) is 0 Å². The Labute approximate surface area is 34.5 Å². The van der Waals surface area contributed by atoms with E-state index in [-0.39, 0.29) is 6.35 Å². The van der Waals surface area contributed by atoms with Gasteiger partial charge in [0.25, 0.3) is 0 Å². The molecule has 0 saturated heterocycles. The molecule has 0 rings (SSSR count). The smallest absolute Gasteiger partial charge is 0.111 e. The van der Waals surface area contributed by atoms with E-state index in [1.165, 1.54) is 0 Å². The zero-order valence-corrected chi connectivity index (χ0v) is 4.07. The standard InChI is InChI=1S/C2H6BOP/c1-5(3)2-4/h4H,2H2,1H3. The highest BCUT2D eigenvalue weighted by molar-refractivity contribution is 7.81. The Morgan fingerprint density at radius 2 is 2.20 bits per heavy atom. The van der Waals surface area contributed by atoms with E-state index in [1.807, 2.05) is 6.66 Å². The van der Waals surface area contributed by atoms with Crippen LogP contribution in [-0.2, 0) is 0 Å². The van der Waals surface area contributed by atoms with Gasteiger partial charge in [-0.2, -0.15) is 0 Å². The van der Waals surface area contributed by atoms with Gasteiger partial charge in [-0.05, 0) is 0 Å². The Balaban J connectivity index is 2.54. The summed E-state index contributed by atoms with van der Waals surface area (Å²) in [7, 11) is 4.56. The van der Waals surface area contributed by atoms with Gasteiger partial charge in [0.15, 0.2) is 0 Å². The molecule has 0 spiro atoms. The van der Waals surface area contributed by atoms with E-state index >= 15 is 0 Å². The molecule has 0 bridgehead atoms. The Morgan fingerprint density at radius 3 is 2.20 bits per heavy atom. The third-order valence-electron chi connectivity index (χ3n) is 0.223. The molecule has 0 heterocycles. The van der Waals surface area contributed by atoms with Crippen molar-refractivity contribution in [3.63, 3.8) is 0 Å². The summed E-state index contributed by atoms with van der Waals surface area (Å²) < 4.78 is 0. The number of hydrogen-bond acceptors (Lipinski definition) is 1. The molecule has 0 fully saturated rings. The Bertz CT molecular complexity index is 23.6. The first-order valence-corrected chi connectivity index (χ1v) is 3.38. The zero-order chi connectivity index (χ0) is 4.28. The molecule has 5 heavy (non-hydrogen) atoms. The zero-order valence-electron chi connectivity index (χ0n) is 3.18. The van der Waals surface area contributed by atoms with Gasteiger partial charge in [0, 0.05) is 0 Å². The SMILES string of the molecule is [B]P(C)CO. The summed E-state index contributed by atoms with van der Waals surface area (Å²) in [6.45, 7) is 1.81. The molecule has 0 aliphatic carbocycles. The largest absolute Gasteiger partial charge is 0.393 e. The third-order valence-corrected chi connectivity index (χ3v) is 0.669. The van der Waals surface area contributed by atoms with Gasteiger partial charge < -0.3 is 5.11 Å². The molecule has 1 unspecified atom stereocenters. The van der Waals surface area contributed by atoms with E-state index < -0.39 is 7.80 Å². The van der Waals surface area contributed by atoms with Crippen LogP contribution in [0.4, 0.5) is 0 Å². The molecule has 0 saturated carbocycles. The second kappa shape index (κ2) is 2.68. The topological polar surface area (TPSA) is 20.2 Å². The summed E-state index contributed by atoms with van der Waals surface area (Å²) >= 11 is 0. The van der Waals surface area contributed by atoms with Crippen molar-refractivity contribution >= 4 is 15.4 Å². The molecule has 2 radical (unpaired) electrons. The lowest BCUT2D eigenvalue weighted by Crippen LogP contribution is -1.73. The summed E-state index contributed by atoms with van der Waals surface area (Å²) in [5.41, 5.74) is 0. The molecular formula is C2H6BOP. The highest BCUT2D eigenvalue weighted by atomic mass is 31.1. The third kappa shape index (κ3) is 4.45. The lowest BCUT2D eigenvalue weighted by molar-refractivity contribution is 0.372. The van der Waals surface area contributed by atoms with E-state index in [2.05, 4.69) is 0 Å². The average molecular weight is 87.9 g/mol. The van der Waals surface area contributed by atoms with E-state index in [0.29, 0.717) is 0 Å². The average Bonchev–Trinajstić information content (AvgIpc) is 1.38. The van der Waals surface area contributed by atoms with Gasteiger partial charge in [-0.15, -0.1) is 7.80 Å². The first-order valence-electron chi connectivity index (χ1n) is 1.34. The maximum atomic E-state index is 8.05. The maximum Gasteiger partial charge on any atom is 0.111 e. The fourth-order valence-electron chi connectivity index (χ4n) is 0. The minimum absolute atomic E-state index is 0.148. The molecule has 0 aromatic rings. The first kappa shape index (κ1) is 5.45. The Morgan fingerprint density at radius 1 is 2.00 bits per heavy atom. The normalized spacial score (nSPS) is 14.8. The van der Waals surface area contributed by atoms with Crippen LogP contribution in [0.1, 0.15) is 0 Å². The first-order chi connectivity index (χ1) is 2.27. The van der Waals surface area contributed by atoms with Crippen LogP contribution < -0.4 is 0 Å². The molecule has 0 aromatic heterocycles. The summed E-state index contributed by atoms with van der Waals surface area (Å²) in [4.78, 5) is 0. The van der Waals surface area contributed by atoms with Crippen molar-refractivity contribution in [1.82, 2.24) is 0 Å². The van der Waals surface area contributed by atoms with Crippen LogP contribution in [0.25, 0.3) is 0 Å². The van der Waals surface area contributed by atoms with E-state index in [4.69, 9.17) is 12.7 Å². The molecule has 1 nitrogen and oxygen atoms in total. The quantitative estimate of drug-likeness (QED) is 0.356. The van der Waals surface area contributed by atoms with Crippen molar-refractivity contribution < 1.29 is 5.11 Å². The molecular weight excluding hydrogens is 81.8 g/mol. The Kier molecular flexibility index (Phi) is 2.92. The molecule has 1 atom stereocenters. The predicted molar refractivity (Wildman–Crippen MR) is 25.7 cm³/mol. The van der Waals surface area contributed by atoms with E-state index in [0.717, 1.165) is 0 Å². The summed E-state index contributed by atoms with van der Waals surface area (Å²) in [5, 5.41) is 8.05. The highest BCUT2D eigenvalue weighted by Gasteiger charge is 1.79. The Hall–Kier alpha value is 0.455. The van der Waals surface area contributed by atoms with Gasteiger partial charge in [0.05, 0.1) is 6.35 Å². The van der Waals surface area contributed by atoms with Crippen LogP contribution >= 0.6 is 7.80 Å². The molecule has 0 aromatic carbocycles. The van der Waals surface area contributed by atoms with Gasteiger partial charge in [-0.25, -0.2) is 0 Å². The molecule has 0 aliphatic rings. The second-order valence-electron chi connectivity index (χ2n) is 0.898. The molecule has 3 heteroatoms. The highest BCUT2D eigenvalue weighted by Crippen LogP contribution is 2.18. The number of rotatable bonds is 1. The van der Waals surface area contributed by atoms with Crippen LogP contribution in [0.2, 0.25) is 0 Å². The number of hydrogen-bond donors (Lipinski definition) is 1. The lowest BCUT2D eigenvalue weighted by Gasteiger charge is -1.92. The molecule has 0 amide bonds. The maximum absolute atomic E-state index is 8.05. The molecule has 1 N–H and O–H groups in total. The van der Waals surface area contributed by atoms with Crippen molar-refractivity contribution in [2.45, 2.75) is 0 Å². The van der Waals surface area contributed by atoms with Crippen LogP contribution in [-0.4, -0.2) is 25.7 Å². The van der Waals surface area contributed by atoms with Crippen LogP contribution in [0.15, 0.2) is 0 Å². The van der Waals surface area contributed by atoms with Gasteiger partial charge in [0.1, 0.15) is 7.57 Å². The van der Waals surface area contributed by atoms with Gasteiger partial charge in [-0.1, -0.05) is 6.66 Å². The van der Waals surface area contributed by atoms with Crippen LogP contribution in [0.5, 0.6) is 0 Å². The van der Waals surface area contributed by atoms with Crippen molar-refractivity contribution in [3.05, 3.63) is 0 Å². The van der Waals surface area contributed by atoms with Crippen LogP contribution in [0, 0.1) is 0 Å². The summed E-state index contributed by atoms with van der Waals surface area (Å²) in [5.74, 6) is 0. The molecule has 28 valence electrons. The fraction of sp³-hybridized carbons (Fsp3) is 1.00. The monoisotopic (exact) mass is 88.0 g/mol. The number of aliphatic hydroxyl groups excluding tert-OH is 1. The van der Waals surface area contributed by atoms with Crippen molar-refractivity contribution in [2.75, 3.05) is 13.0 Å². The van der Waals surface area contributed by atoms with E-state index in [1.54, 1.807) is 0 Å². The minimum Gasteiger partial charge on any atom is -0.393 e. The second-order valence-corrected chi connectivity index (χ2v) is 2.70. The summed E-state index contributed by atoms with van der Waals surface area (Å²) in [6.07, 6.45) is 0.148. The van der Waals surface area contributed by atoms with Crippen molar-refractivity contribution in [2.24, 2.45) is 0 Å². The number of aliphatic hydroxyl groups is 1. The van der Waals surface area contributed by atoms with Crippen LogP contribution in [0.3, 0.4) is 0 Å². The van der Waals surface area contributed by atoms with Crippen molar-refractivity contribution in [3.8, 4) is 0 Å². The predicted octanol–water partition coefficient (Wildman–Crippen LogP) is 0.131. The molecule has 0 aliphatic heterocycles. The van der Waals surface area contributed by atoms with Crippen molar-refractivity contribution in [1.29, 1.82) is 0 Å². The van der Waals surface area contributed by atoms with Gasteiger partial charge in [0.2, 0.25) is 0 Å². The summed E-state index contributed by atoms with van der Waals surface area (Å²) in [6, 6.07) is 0.